The number of carbonyl (C=O) groups is 2. The first-order valence-electron chi connectivity index (χ1n) is 11.8. The van der Waals surface area contributed by atoms with Crippen LogP contribution in [0.15, 0.2) is 47.3 Å². The van der Waals surface area contributed by atoms with E-state index in [1.54, 1.807) is 44.2 Å². The number of fused-ring (bicyclic) bond motifs is 1. The topological polar surface area (TPSA) is 108 Å². The third kappa shape index (κ3) is 4.84. The Morgan fingerprint density at radius 3 is 2.29 bits per heavy atom. The molecular weight excluding hydrogens is 498 g/mol. The van der Waals surface area contributed by atoms with Crippen molar-refractivity contribution in [1.29, 1.82) is 0 Å². The third-order valence-corrected chi connectivity index (χ3v) is 5.81. The van der Waals surface area contributed by atoms with Crippen molar-refractivity contribution in [1.82, 2.24) is 9.97 Å². The molecule has 4 aromatic rings. The Hall–Kier alpha value is -4.60. The van der Waals surface area contributed by atoms with Crippen molar-refractivity contribution in [2.45, 2.75) is 27.7 Å². The molecule has 0 bridgehead atoms. The van der Waals surface area contributed by atoms with Crippen LogP contribution in [0, 0.1) is 25.5 Å². The molecule has 8 nitrogen and oxygen atoms in total. The highest BCUT2D eigenvalue weighted by atomic mass is 19.2. The van der Waals surface area contributed by atoms with Gasteiger partial charge in [-0.25, -0.2) is 23.4 Å². The molecule has 0 saturated carbocycles. The van der Waals surface area contributed by atoms with E-state index >= 15 is 0 Å². The minimum absolute atomic E-state index is 0.0205. The number of rotatable bonds is 7. The number of hydrogen-bond donors (Lipinski definition) is 1. The second kappa shape index (κ2) is 10.8. The largest absolute Gasteiger partial charge is 0.462 e. The number of H-pyrrole nitrogens is 1. The van der Waals surface area contributed by atoms with Gasteiger partial charge in [-0.3, -0.25) is 4.79 Å². The average Bonchev–Trinajstić information content (AvgIpc) is 2.88. The molecule has 1 N–H and O–H groups in total. The van der Waals surface area contributed by atoms with Crippen molar-refractivity contribution in [3.05, 3.63) is 86.7 Å². The highest BCUT2D eigenvalue weighted by Crippen LogP contribution is 2.37. The molecule has 0 spiro atoms. The maximum Gasteiger partial charge on any atom is 0.344 e. The first-order chi connectivity index (χ1) is 18.2. The normalized spacial score (nSPS) is 10.9. The summed E-state index contributed by atoms with van der Waals surface area (Å²) in [5.74, 6) is -4.11. The second-order valence-corrected chi connectivity index (χ2v) is 8.27. The Morgan fingerprint density at radius 1 is 0.947 bits per heavy atom. The molecule has 0 saturated heterocycles. The van der Waals surface area contributed by atoms with Gasteiger partial charge < -0.3 is 19.2 Å². The molecule has 0 aliphatic rings. The highest BCUT2D eigenvalue weighted by molar-refractivity contribution is 6.01. The lowest BCUT2D eigenvalue weighted by Crippen LogP contribution is -2.28. The average molecular weight is 523 g/mol. The number of halogens is 2. The van der Waals surface area contributed by atoms with Gasteiger partial charge in [0, 0.05) is 16.6 Å². The zero-order chi connectivity index (χ0) is 27.6. The standard InChI is InChI=1S/C28H24F2N2O6/c1-5-36-27(34)21-15(4)31-24(22(25(21)33)28(35)37-6-2)17-13-16-9-7-8-10-19(16)32-26(17)38-20-12-11-18(29)23(30)14(20)3/h7-13H,5-6H2,1-4H3,(H,31,33). The van der Waals surface area contributed by atoms with Crippen molar-refractivity contribution in [2.24, 2.45) is 0 Å². The lowest BCUT2D eigenvalue weighted by molar-refractivity contribution is 0.0521. The predicted molar refractivity (Wildman–Crippen MR) is 136 cm³/mol. The van der Waals surface area contributed by atoms with Crippen LogP contribution in [-0.2, 0) is 9.47 Å². The van der Waals surface area contributed by atoms with Gasteiger partial charge >= 0.3 is 11.9 Å². The molecule has 0 aliphatic carbocycles. The van der Waals surface area contributed by atoms with Crippen molar-refractivity contribution in [2.75, 3.05) is 13.2 Å². The lowest BCUT2D eigenvalue weighted by atomic mass is 10.0. The van der Waals surface area contributed by atoms with Crippen molar-refractivity contribution in [3.8, 4) is 22.9 Å². The van der Waals surface area contributed by atoms with Gasteiger partial charge in [0.15, 0.2) is 11.6 Å². The Bertz CT molecular complexity index is 1630. The number of carbonyl (C=O) groups excluding carboxylic acids is 2. The summed E-state index contributed by atoms with van der Waals surface area (Å²) in [6.07, 6.45) is 0. The monoisotopic (exact) mass is 522 g/mol. The zero-order valence-electron chi connectivity index (χ0n) is 21.1. The molecule has 2 heterocycles. The van der Waals surface area contributed by atoms with E-state index in [2.05, 4.69) is 9.97 Å². The molecule has 4 rings (SSSR count). The number of nitrogens with zero attached hydrogens (tertiary/aromatic N) is 1. The van der Waals surface area contributed by atoms with Gasteiger partial charge in [0.05, 0.1) is 30.0 Å². The Balaban J connectivity index is 2.04. The van der Waals surface area contributed by atoms with Crippen LogP contribution in [0.5, 0.6) is 11.6 Å². The number of pyridine rings is 2. The first kappa shape index (κ1) is 26.5. The molecule has 0 aliphatic heterocycles. The number of aromatic nitrogens is 2. The Morgan fingerprint density at radius 2 is 1.61 bits per heavy atom. The van der Waals surface area contributed by atoms with Gasteiger partial charge in [-0.05, 0) is 52.0 Å². The molecule has 0 radical (unpaired) electrons. The van der Waals surface area contributed by atoms with Crippen molar-refractivity contribution < 1.29 is 32.6 Å². The number of aryl methyl sites for hydroxylation is 1. The smallest absolute Gasteiger partial charge is 0.344 e. The maximum absolute atomic E-state index is 14.3. The van der Waals surface area contributed by atoms with Gasteiger partial charge in [0.1, 0.15) is 16.9 Å². The maximum atomic E-state index is 14.3. The third-order valence-electron chi connectivity index (χ3n) is 5.81. The van der Waals surface area contributed by atoms with Crippen LogP contribution in [0.2, 0.25) is 0 Å². The molecule has 196 valence electrons. The number of esters is 2. The van der Waals surface area contributed by atoms with E-state index in [0.29, 0.717) is 10.9 Å². The number of ether oxygens (including phenoxy) is 3. The van der Waals surface area contributed by atoms with Crippen LogP contribution >= 0.6 is 0 Å². The molecule has 0 amide bonds. The van der Waals surface area contributed by atoms with E-state index in [1.807, 2.05) is 0 Å². The first-order valence-corrected chi connectivity index (χ1v) is 11.8. The van der Waals surface area contributed by atoms with Crippen LogP contribution in [0.25, 0.3) is 22.2 Å². The van der Waals surface area contributed by atoms with Crippen molar-refractivity contribution >= 4 is 22.8 Å². The van der Waals surface area contributed by atoms with E-state index in [1.165, 1.54) is 19.9 Å². The zero-order valence-corrected chi connectivity index (χ0v) is 21.1. The van der Waals surface area contributed by atoms with E-state index in [9.17, 15) is 23.2 Å². The summed E-state index contributed by atoms with van der Waals surface area (Å²) < 4.78 is 44.1. The van der Waals surface area contributed by atoms with E-state index in [0.717, 1.165) is 6.07 Å². The Labute approximate surface area is 216 Å². The molecule has 0 atom stereocenters. The summed E-state index contributed by atoms with van der Waals surface area (Å²) in [6.45, 7) is 5.98. The number of nitrogens with one attached hydrogen (secondary N) is 1. The minimum atomic E-state index is -1.08. The molecular formula is C28H24F2N2O6. The van der Waals surface area contributed by atoms with Gasteiger partial charge in [0.2, 0.25) is 11.3 Å². The quantitative estimate of drug-likeness (QED) is 0.314. The van der Waals surface area contributed by atoms with Gasteiger partial charge in [-0.1, -0.05) is 18.2 Å². The summed E-state index contributed by atoms with van der Waals surface area (Å²) in [5.41, 5.74) is -1.00. The van der Waals surface area contributed by atoms with Gasteiger partial charge in [-0.15, -0.1) is 0 Å². The van der Waals surface area contributed by atoms with E-state index in [-0.39, 0.29) is 52.9 Å². The SMILES string of the molecule is CCOC(=O)c1c(C)[nH]c(-c2cc3ccccc3nc2Oc2ccc(F)c(F)c2C)c(C(=O)OCC)c1=O. The van der Waals surface area contributed by atoms with Crippen LogP contribution in [-0.4, -0.2) is 35.1 Å². The number of benzene rings is 2. The number of para-hydroxylation sites is 1. The fraction of sp³-hybridized carbons (Fsp3) is 0.214. The Kier molecular flexibility index (Phi) is 7.52. The minimum Gasteiger partial charge on any atom is -0.462 e. The summed E-state index contributed by atoms with van der Waals surface area (Å²) in [6, 6.07) is 10.8. The molecule has 10 heteroatoms. The van der Waals surface area contributed by atoms with Crippen LogP contribution in [0.1, 0.15) is 45.8 Å². The summed E-state index contributed by atoms with van der Waals surface area (Å²) in [5, 5.41) is 0.639. The lowest BCUT2D eigenvalue weighted by Gasteiger charge is -2.17. The van der Waals surface area contributed by atoms with Crippen LogP contribution in [0.4, 0.5) is 8.78 Å². The molecule has 2 aromatic heterocycles. The summed E-state index contributed by atoms with van der Waals surface area (Å²) >= 11 is 0. The summed E-state index contributed by atoms with van der Waals surface area (Å²) in [7, 11) is 0. The van der Waals surface area contributed by atoms with E-state index in [4.69, 9.17) is 14.2 Å². The highest BCUT2D eigenvalue weighted by Gasteiger charge is 2.29. The molecule has 2 aromatic carbocycles. The number of aromatic amines is 1. The predicted octanol–water partition coefficient (Wildman–Crippen LogP) is 5.63. The van der Waals surface area contributed by atoms with Gasteiger partial charge in [-0.2, -0.15) is 0 Å². The fourth-order valence-electron chi connectivity index (χ4n) is 3.97. The fourth-order valence-corrected chi connectivity index (χ4v) is 3.97. The summed E-state index contributed by atoms with van der Waals surface area (Å²) in [4.78, 5) is 46.6. The second-order valence-electron chi connectivity index (χ2n) is 8.27. The molecule has 0 fully saturated rings. The number of hydrogen-bond acceptors (Lipinski definition) is 7. The van der Waals surface area contributed by atoms with E-state index < -0.39 is 34.6 Å². The van der Waals surface area contributed by atoms with Crippen molar-refractivity contribution in [3.63, 3.8) is 0 Å². The van der Waals surface area contributed by atoms with Crippen LogP contribution in [0.3, 0.4) is 0 Å². The molecule has 38 heavy (non-hydrogen) atoms. The molecule has 0 unspecified atom stereocenters. The van der Waals surface area contributed by atoms with Gasteiger partial charge in [0.25, 0.3) is 0 Å². The van der Waals surface area contributed by atoms with Crippen LogP contribution < -0.4 is 10.2 Å².